The van der Waals surface area contributed by atoms with Gasteiger partial charge in [-0.25, -0.2) is 17.6 Å². The van der Waals surface area contributed by atoms with Crippen LogP contribution in [-0.2, 0) is 12.5 Å². The average molecular weight is 506 g/mol. The fourth-order valence-electron chi connectivity index (χ4n) is 3.36. The van der Waals surface area contributed by atoms with Crippen LogP contribution >= 0.6 is 0 Å². The zero-order chi connectivity index (χ0) is 25.9. The molecule has 0 radical (unpaired) electrons. The molecule has 1 N–H and O–H groups in total. The highest BCUT2D eigenvalue weighted by molar-refractivity contribution is 5.72. The summed E-state index contributed by atoms with van der Waals surface area (Å²) in [5.41, 5.74) is -1.85. The van der Waals surface area contributed by atoms with Gasteiger partial charge in [-0.2, -0.15) is 17.6 Å². The molecule has 11 heteroatoms. The molecule has 0 fully saturated rings. The number of aryl methyl sites for hydroxylation is 1. The maximum Gasteiger partial charge on any atom is 0.432 e. The number of ether oxygens (including phenoxy) is 2. The molecule has 0 heterocycles. The first-order valence-electron chi connectivity index (χ1n) is 10.3. The Morgan fingerprint density at radius 1 is 0.914 bits per heavy atom. The van der Waals surface area contributed by atoms with Crippen molar-refractivity contribution in [3.63, 3.8) is 0 Å². The van der Waals surface area contributed by atoms with Gasteiger partial charge in [0.05, 0.1) is 5.56 Å². The van der Waals surface area contributed by atoms with Gasteiger partial charge in [0.2, 0.25) is 0 Å². The van der Waals surface area contributed by atoms with Crippen LogP contribution in [0.5, 0.6) is 17.2 Å². The molecule has 0 aliphatic rings. The number of hydrogen-bond donors (Lipinski definition) is 1. The summed E-state index contributed by atoms with van der Waals surface area (Å²) in [7, 11) is 0. The van der Waals surface area contributed by atoms with Crippen molar-refractivity contribution < 1.29 is 49.7 Å². The van der Waals surface area contributed by atoms with E-state index in [2.05, 4.69) is 9.47 Å². The Hall–Kier alpha value is -3.50. The van der Waals surface area contributed by atoms with E-state index in [9.17, 15) is 35.8 Å². The number of benzene rings is 3. The van der Waals surface area contributed by atoms with Crippen LogP contribution in [-0.4, -0.2) is 11.7 Å². The normalized spacial score (nSPS) is 11.7. The summed E-state index contributed by atoms with van der Waals surface area (Å²) < 4.78 is 119. The maximum atomic E-state index is 15.1. The first-order chi connectivity index (χ1) is 16.4. The van der Waals surface area contributed by atoms with Crippen molar-refractivity contribution >= 4 is 0 Å². The van der Waals surface area contributed by atoms with Crippen molar-refractivity contribution in [1.82, 2.24) is 0 Å². The van der Waals surface area contributed by atoms with Crippen molar-refractivity contribution in [3.05, 3.63) is 76.9 Å². The van der Waals surface area contributed by atoms with Crippen LogP contribution in [0.15, 0.2) is 42.5 Å². The Morgan fingerprint density at radius 3 is 2.06 bits per heavy atom. The molecule has 3 nitrogen and oxygen atoms in total. The van der Waals surface area contributed by atoms with E-state index in [1.165, 1.54) is 12.1 Å². The standard InChI is InChI=1S/C24H18F8O3/c1-2-3-4-12-5-7-13(8-6-12)19-18(33)11-15(25)20(21(19)28)24(31,32)35-14-9-16(26)22(17(27)10-14)34-23(29)30/h5-11,23,33H,2-4H2,1H3. The van der Waals surface area contributed by atoms with Crippen molar-refractivity contribution in [1.29, 1.82) is 0 Å². The summed E-state index contributed by atoms with van der Waals surface area (Å²) in [6.45, 7) is -1.62. The number of halogens is 8. The Morgan fingerprint density at radius 2 is 1.51 bits per heavy atom. The minimum Gasteiger partial charge on any atom is -0.507 e. The van der Waals surface area contributed by atoms with E-state index in [1.54, 1.807) is 12.1 Å². The molecule has 3 aromatic carbocycles. The van der Waals surface area contributed by atoms with E-state index in [1.807, 2.05) is 6.92 Å². The molecule has 0 amide bonds. The van der Waals surface area contributed by atoms with E-state index in [0.717, 1.165) is 18.4 Å². The highest BCUT2D eigenvalue weighted by Gasteiger charge is 2.43. The molecule has 0 spiro atoms. The Kier molecular flexibility index (Phi) is 7.76. The predicted molar refractivity (Wildman–Crippen MR) is 110 cm³/mol. The maximum absolute atomic E-state index is 15.1. The zero-order valence-corrected chi connectivity index (χ0v) is 18.0. The number of phenolic OH excluding ortho intramolecular Hbond substituents is 1. The summed E-state index contributed by atoms with van der Waals surface area (Å²) in [6, 6.07) is 6.32. The SMILES string of the molecule is CCCCc1ccc(-c2c(O)cc(F)c(C(F)(F)Oc3cc(F)c(OC(F)F)c(F)c3)c2F)cc1. The van der Waals surface area contributed by atoms with Crippen LogP contribution in [0, 0.1) is 23.3 Å². The van der Waals surface area contributed by atoms with Crippen LogP contribution in [0.2, 0.25) is 0 Å². The topological polar surface area (TPSA) is 38.7 Å². The monoisotopic (exact) mass is 506 g/mol. The van der Waals surface area contributed by atoms with E-state index >= 15 is 4.39 Å². The lowest BCUT2D eigenvalue weighted by molar-refractivity contribution is -0.189. The molecule has 0 bridgehead atoms. The molecule has 0 aliphatic heterocycles. The van der Waals surface area contributed by atoms with Gasteiger partial charge in [-0.1, -0.05) is 37.6 Å². The lowest BCUT2D eigenvalue weighted by Gasteiger charge is -2.21. The molecule has 0 aliphatic carbocycles. The Bertz CT molecular complexity index is 1170. The minimum atomic E-state index is -4.83. The van der Waals surface area contributed by atoms with E-state index in [-0.39, 0.29) is 23.8 Å². The number of phenols is 1. The van der Waals surface area contributed by atoms with Gasteiger partial charge in [-0.15, -0.1) is 0 Å². The molecule has 188 valence electrons. The molecule has 0 atom stereocenters. The van der Waals surface area contributed by atoms with Crippen molar-refractivity contribution in [2.24, 2.45) is 0 Å². The number of hydrogen-bond acceptors (Lipinski definition) is 3. The quantitative estimate of drug-likeness (QED) is 0.303. The van der Waals surface area contributed by atoms with Gasteiger partial charge < -0.3 is 14.6 Å². The summed E-state index contributed by atoms with van der Waals surface area (Å²) in [6.07, 6.45) is -2.33. The van der Waals surface area contributed by atoms with E-state index in [0.29, 0.717) is 6.42 Å². The molecule has 0 unspecified atom stereocenters. The molecule has 0 saturated heterocycles. The Labute approximate surface area is 194 Å². The number of alkyl halides is 4. The first-order valence-corrected chi connectivity index (χ1v) is 10.3. The van der Waals surface area contributed by atoms with Crippen molar-refractivity contribution in [3.8, 4) is 28.4 Å². The summed E-state index contributed by atoms with van der Waals surface area (Å²) in [5.74, 6) is -11.2. The minimum absolute atomic E-state index is 0.0390. The third kappa shape index (κ3) is 5.77. The van der Waals surface area contributed by atoms with E-state index in [4.69, 9.17) is 0 Å². The van der Waals surface area contributed by atoms with Crippen LogP contribution in [0.3, 0.4) is 0 Å². The first kappa shape index (κ1) is 26.1. The zero-order valence-electron chi connectivity index (χ0n) is 18.0. The molecule has 3 aromatic rings. The van der Waals surface area contributed by atoms with Gasteiger partial charge in [0.15, 0.2) is 23.2 Å². The molecule has 35 heavy (non-hydrogen) atoms. The number of aromatic hydroxyl groups is 1. The largest absolute Gasteiger partial charge is 0.507 e. The second kappa shape index (κ2) is 10.4. The van der Waals surface area contributed by atoms with Crippen molar-refractivity contribution in [2.75, 3.05) is 0 Å². The van der Waals surface area contributed by atoms with Gasteiger partial charge >= 0.3 is 12.7 Å². The van der Waals surface area contributed by atoms with Gasteiger partial charge in [-0.3, -0.25) is 0 Å². The van der Waals surface area contributed by atoms with Crippen LogP contribution in [0.4, 0.5) is 35.1 Å². The van der Waals surface area contributed by atoms with Crippen LogP contribution in [0.1, 0.15) is 30.9 Å². The molecule has 3 rings (SSSR count). The highest BCUT2D eigenvalue weighted by atomic mass is 19.3. The third-order valence-corrected chi connectivity index (χ3v) is 4.97. The molecule has 0 saturated carbocycles. The van der Waals surface area contributed by atoms with Crippen LogP contribution in [0.25, 0.3) is 11.1 Å². The molecular weight excluding hydrogens is 488 g/mol. The smallest absolute Gasteiger partial charge is 0.432 e. The number of unbranched alkanes of at least 4 members (excludes halogenated alkanes) is 1. The molecule has 0 aromatic heterocycles. The van der Waals surface area contributed by atoms with Gasteiger partial charge in [0.25, 0.3) is 0 Å². The van der Waals surface area contributed by atoms with Crippen LogP contribution < -0.4 is 9.47 Å². The predicted octanol–water partition coefficient (Wildman–Crippen LogP) is 7.69. The lowest BCUT2D eigenvalue weighted by Crippen LogP contribution is -2.25. The van der Waals surface area contributed by atoms with Gasteiger partial charge in [0.1, 0.15) is 22.9 Å². The van der Waals surface area contributed by atoms with E-state index < -0.39 is 64.4 Å². The summed E-state index contributed by atoms with van der Waals surface area (Å²) in [5, 5.41) is 10.1. The third-order valence-electron chi connectivity index (χ3n) is 4.97. The summed E-state index contributed by atoms with van der Waals surface area (Å²) >= 11 is 0. The van der Waals surface area contributed by atoms with Gasteiger partial charge in [-0.05, 0) is 24.0 Å². The number of rotatable bonds is 9. The fourth-order valence-corrected chi connectivity index (χ4v) is 3.36. The second-order valence-electron chi connectivity index (χ2n) is 7.46. The van der Waals surface area contributed by atoms with Crippen molar-refractivity contribution in [2.45, 2.75) is 38.9 Å². The summed E-state index contributed by atoms with van der Waals surface area (Å²) in [4.78, 5) is 0. The molecular formula is C24H18F8O3. The highest BCUT2D eigenvalue weighted by Crippen LogP contribution is 2.43. The van der Waals surface area contributed by atoms with Gasteiger partial charge in [0, 0.05) is 18.2 Å². The second-order valence-corrected chi connectivity index (χ2v) is 7.46. The Balaban J connectivity index is 2.00. The lowest BCUT2D eigenvalue weighted by atomic mass is 9.97. The average Bonchev–Trinajstić information content (AvgIpc) is 2.74. The fraction of sp³-hybridized carbons (Fsp3) is 0.250.